The molecule has 3 rings (SSSR count). The maximum atomic E-state index is 13.3. The topological polar surface area (TPSA) is 53.1 Å². The lowest BCUT2D eigenvalue weighted by Crippen LogP contribution is -2.40. The first kappa shape index (κ1) is 20.1. The Morgan fingerprint density at radius 3 is 2.48 bits per heavy atom. The minimum Gasteiger partial charge on any atom is -0.360 e. The molecule has 0 spiro atoms. The molecule has 1 saturated carbocycles. The van der Waals surface area contributed by atoms with Crippen molar-refractivity contribution in [3.05, 3.63) is 11.8 Å². The van der Waals surface area contributed by atoms with E-state index in [1.165, 1.54) is 6.42 Å². The lowest BCUT2D eigenvalue weighted by atomic mass is 9.96. The summed E-state index contributed by atoms with van der Waals surface area (Å²) in [5.74, 6) is 0.193. The molecule has 2 aliphatic rings. The number of piperidine rings is 1. The van der Waals surface area contributed by atoms with Crippen molar-refractivity contribution in [1.82, 2.24) is 15.3 Å². The van der Waals surface area contributed by atoms with Crippen molar-refractivity contribution in [3.63, 3.8) is 0 Å². The molecule has 27 heavy (non-hydrogen) atoms. The Morgan fingerprint density at radius 1 is 1.11 bits per heavy atom. The zero-order valence-corrected chi connectivity index (χ0v) is 16.3. The first-order valence-electron chi connectivity index (χ1n) is 9.63. The van der Waals surface area contributed by atoms with Gasteiger partial charge < -0.3 is 15.5 Å². The largest absolute Gasteiger partial charge is 0.433 e. The van der Waals surface area contributed by atoms with E-state index in [-0.39, 0.29) is 23.1 Å². The van der Waals surface area contributed by atoms with E-state index in [9.17, 15) is 13.2 Å². The molecule has 150 valence electrons. The molecule has 1 aromatic rings. The van der Waals surface area contributed by atoms with Gasteiger partial charge in [-0.15, -0.1) is 0 Å². The molecule has 2 N–H and O–H groups in total. The summed E-state index contributed by atoms with van der Waals surface area (Å²) in [6.07, 6.45) is 3.95. The predicted molar refractivity (Wildman–Crippen MR) is 104 cm³/mol. The lowest BCUT2D eigenvalue weighted by Gasteiger charge is -2.34. The second-order valence-electron chi connectivity index (χ2n) is 7.40. The second kappa shape index (κ2) is 8.58. The van der Waals surface area contributed by atoms with Crippen LogP contribution in [0.4, 0.5) is 24.9 Å². The van der Waals surface area contributed by atoms with Crippen LogP contribution >= 0.6 is 12.2 Å². The average Bonchev–Trinajstić information content (AvgIpc) is 2.62. The zero-order valence-electron chi connectivity index (χ0n) is 15.5. The fraction of sp³-hybridized carbons (Fsp3) is 0.722. The Morgan fingerprint density at radius 2 is 1.81 bits per heavy atom. The smallest absolute Gasteiger partial charge is 0.360 e. The summed E-state index contributed by atoms with van der Waals surface area (Å²) < 4.78 is 40.0. The maximum absolute atomic E-state index is 13.3. The summed E-state index contributed by atoms with van der Waals surface area (Å²) in [5.41, 5.74) is -0.951. The number of nitrogens with zero attached hydrogens (tertiary/aromatic N) is 3. The van der Waals surface area contributed by atoms with Crippen molar-refractivity contribution in [3.8, 4) is 0 Å². The predicted octanol–water partition coefficient (Wildman–Crippen LogP) is 4.49. The second-order valence-corrected chi connectivity index (χ2v) is 7.81. The molecule has 1 aromatic heterocycles. The van der Waals surface area contributed by atoms with E-state index >= 15 is 0 Å². The van der Waals surface area contributed by atoms with E-state index in [0.717, 1.165) is 51.0 Å². The Balaban J connectivity index is 1.78. The summed E-state index contributed by atoms with van der Waals surface area (Å²) >= 11 is 5.28. The van der Waals surface area contributed by atoms with E-state index in [4.69, 9.17) is 12.2 Å². The Hall–Kier alpha value is -1.64. The van der Waals surface area contributed by atoms with Gasteiger partial charge in [-0.25, -0.2) is 4.98 Å². The fourth-order valence-corrected chi connectivity index (χ4v) is 4.05. The van der Waals surface area contributed by atoms with Gasteiger partial charge in [0.25, 0.3) is 0 Å². The molecule has 0 radical (unpaired) electrons. The number of rotatable bonds is 3. The third-order valence-electron chi connectivity index (χ3n) is 5.27. The molecule has 1 saturated heterocycles. The van der Waals surface area contributed by atoms with Crippen molar-refractivity contribution >= 4 is 29.1 Å². The number of anilines is 2. The van der Waals surface area contributed by atoms with E-state index in [1.807, 2.05) is 11.8 Å². The molecule has 0 aromatic carbocycles. The van der Waals surface area contributed by atoms with Crippen LogP contribution in [0.3, 0.4) is 0 Å². The van der Waals surface area contributed by atoms with Crippen LogP contribution < -0.4 is 15.5 Å². The number of hydrogen-bond donors (Lipinski definition) is 2. The Kier molecular flexibility index (Phi) is 6.39. The van der Waals surface area contributed by atoms with E-state index in [1.54, 1.807) is 0 Å². The molecular formula is C18H26F3N5S. The third kappa shape index (κ3) is 5.43. The molecule has 0 bridgehead atoms. The third-order valence-corrected chi connectivity index (χ3v) is 5.49. The standard InChI is InChI=1S/C18H26F3N5S/c1-12-7-5-6-10-26(12)15-11-14(18(19,20)21)23-16(24-15)25-17(27)22-13-8-3-2-4-9-13/h11-13H,2-10H2,1H3,(H2,22,23,24,25,27). The molecule has 1 unspecified atom stereocenters. The van der Waals surface area contributed by atoms with Crippen LogP contribution in [-0.4, -0.2) is 33.7 Å². The SMILES string of the molecule is CC1CCCCN1c1cc(C(F)(F)F)nc(NC(=S)NC2CCCCC2)n1. The summed E-state index contributed by atoms with van der Waals surface area (Å²) in [6, 6.07) is 1.44. The summed E-state index contributed by atoms with van der Waals surface area (Å²) in [6.45, 7) is 2.70. The van der Waals surface area contributed by atoms with Gasteiger partial charge in [0.2, 0.25) is 5.95 Å². The molecule has 0 amide bonds. The Bertz CT molecular complexity index is 661. The maximum Gasteiger partial charge on any atom is 0.433 e. The van der Waals surface area contributed by atoms with Crippen LogP contribution in [0.1, 0.15) is 64.0 Å². The van der Waals surface area contributed by atoms with Gasteiger partial charge in [-0.2, -0.15) is 18.2 Å². The molecular weight excluding hydrogens is 375 g/mol. The van der Waals surface area contributed by atoms with Crippen LogP contribution in [0, 0.1) is 0 Å². The van der Waals surface area contributed by atoms with Gasteiger partial charge in [-0.05, 0) is 51.2 Å². The van der Waals surface area contributed by atoms with Gasteiger partial charge in [0, 0.05) is 24.7 Å². The molecule has 5 nitrogen and oxygen atoms in total. The highest BCUT2D eigenvalue weighted by molar-refractivity contribution is 7.80. The highest BCUT2D eigenvalue weighted by Crippen LogP contribution is 2.32. The Labute approximate surface area is 163 Å². The summed E-state index contributed by atoms with van der Waals surface area (Å²) in [5, 5.41) is 6.22. The molecule has 1 aliphatic heterocycles. The van der Waals surface area contributed by atoms with Crippen LogP contribution in [-0.2, 0) is 6.18 Å². The quantitative estimate of drug-likeness (QED) is 0.728. The number of aromatic nitrogens is 2. The van der Waals surface area contributed by atoms with E-state index < -0.39 is 11.9 Å². The van der Waals surface area contributed by atoms with Crippen molar-refractivity contribution in [2.75, 3.05) is 16.8 Å². The minimum atomic E-state index is -4.54. The monoisotopic (exact) mass is 401 g/mol. The number of thiocarbonyl (C=S) groups is 1. The van der Waals surface area contributed by atoms with Crippen LogP contribution in [0.15, 0.2) is 6.07 Å². The molecule has 1 aliphatic carbocycles. The van der Waals surface area contributed by atoms with Crippen molar-refractivity contribution in [1.29, 1.82) is 0 Å². The number of halogens is 3. The van der Waals surface area contributed by atoms with Gasteiger partial charge in [0.1, 0.15) is 5.82 Å². The highest BCUT2D eigenvalue weighted by Gasteiger charge is 2.35. The lowest BCUT2D eigenvalue weighted by molar-refractivity contribution is -0.141. The van der Waals surface area contributed by atoms with Crippen LogP contribution in [0.2, 0.25) is 0 Å². The number of hydrogen-bond acceptors (Lipinski definition) is 4. The first-order valence-corrected chi connectivity index (χ1v) is 10.0. The molecule has 2 heterocycles. The minimum absolute atomic E-state index is 0.106. The van der Waals surface area contributed by atoms with Crippen molar-refractivity contribution in [2.24, 2.45) is 0 Å². The van der Waals surface area contributed by atoms with Crippen LogP contribution in [0.25, 0.3) is 0 Å². The zero-order chi connectivity index (χ0) is 19.4. The van der Waals surface area contributed by atoms with Gasteiger partial charge in [0.05, 0.1) is 0 Å². The van der Waals surface area contributed by atoms with Crippen molar-refractivity contribution < 1.29 is 13.2 Å². The van der Waals surface area contributed by atoms with Gasteiger partial charge in [0.15, 0.2) is 10.8 Å². The highest BCUT2D eigenvalue weighted by atomic mass is 32.1. The van der Waals surface area contributed by atoms with E-state index in [0.29, 0.717) is 12.4 Å². The van der Waals surface area contributed by atoms with Crippen LogP contribution in [0.5, 0.6) is 0 Å². The molecule has 2 fully saturated rings. The van der Waals surface area contributed by atoms with Gasteiger partial charge in [-0.1, -0.05) is 19.3 Å². The first-order chi connectivity index (χ1) is 12.8. The number of alkyl halides is 3. The van der Waals surface area contributed by atoms with E-state index in [2.05, 4.69) is 20.6 Å². The summed E-state index contributed by atoms with van der Waals surface area (Å²) in [7, 11) is 0. The van der Waals surface area contributed by atoms with Gasteiger partial charge in [-0.3, -0.25) is 0 Å². The van der Waals surface area contributed by atoms with Gasteiger partial charge >= 0.3 is 6.18 Å². The fourth-order valence-electron chi connectivity index (χ4n) is 3.79. The molecule has 1 atom stereocenters. The van der Waals surface area contributed by atoms with Crippen molar-refractivity contribution in [2.45, 2.75) is 76.6 Å². The summed E-state index contributed by atoms with van der Waals surface area (Å²) in [4.78, 5) is 9.91. The normalized spacial score (nSPS) is 21.8. The molecule has 9 heteroatoms. The number of nitrogens with one attached hydrogen (secondary N) is 2. The average molecular weight is 402 g/mol.